The minimum Gasteiger partial charge on any atom is -0.344 e. The zero-order valence-corrected chi connectivity index (χ0v) is 30.4. The Bertz CT molecular complexity index is 2360. The highest BCUT2D eigenvalue weighted by molar-refractivity contribution is 6.27. The first-order valence-electron chi connectivity index (χ1n) is 17.6. The monoisotopic (exact) mass is 648 g/mol. The molecule has 0 aliphatic carbocycles. The Morgan fingerprint density at radius 2 is 0.700 bits per heavy atom. The second-order valence-corrected chi connectivity index (χ2v) is 14.3. The number of hydrogen-bond donors (Lipinski definition) is 0. The molecule has 0 aliphatic rings. The average molecular weight is 649 g/mol. The van der Waals surface area contributed by atoms with Crippen molar-refractivity contribution in [1.82, 2.24) is 0 Å². The van der Waals surface area contributed by atoms with Crippen molar-refractivity contribution < 1.29 is 0 Å². The van der Waals surface area contributed by atoms with Crippen molar-refractivity contribution >= 4 is 55.1 Å². The van der Waals surface area contributed by atoms with Crippen molar-refractivity contribution in [2.45, 2.75) is 41.5 Å². The molecule has 50 heavy (non-hydrogen) atoms. The van der Waals surface area contributed by atoms with E-state index in [9.17, 15) is 0 Å². The second-order valence-electron chi connectivity index (χ2n) is 14.3. The molecule has 0 saturated heterocycles. The van der Waals surface area contributed by atoms with Crippen molar-refractivity contribution in [2.24, 2.45) is 0 Å². The molecule has 0 saturated carbocycles. The Kier molecular flexibility index (Phi) is 7.64. The van der Waals surface area contributed by atoms with Gasteiger partial charge in [0.15, 0.2) is 0 Å². The maximum atomic E-state index is 2.38. The molecule has 0 atom stereocenters. The molecule has 0 spiro atoms. The van der Waals surface area contributed by atoms with Gasteiger partial charge in [0.1, 0.15) is 0 Å². The lowest BCUT2D eigenvalue weighted by Gasteiger charge is -2.28. The summed E-state index contributed by atoms with van der Waals surface area (Å²) >= 11 is 0. The van der Waals surface area contributed by atoms with Crippen molar-refractivity contribution in [3.63, 3.8) is 0 Å². The average Bonchev–Trinajstić information content (AvgIpc) is 3.09. The van der Waals surface area contributed by atoms with Crippen LogP contribution >= 0.6 is 0 Å². The molecule has 2 nitrogen and oxygen atoms in total. The molecule has 0 amide bonds. The molecular weight excluding hydrogens is 605 g/mol. The van der Waals surface area contributed by atoms with E-state index < -0.39 is 0 Å². The van der Waals surface area contributed by atoms with Gasteiger partial charge in [0.05, 0.1) is 0 Å². The number of hydrogen-bond acceptors (Lipinski definition) is 2. The van der Waals surface area contributed by atoms with Gasteiger partial charge in [0.25, 0.3) is 0 Å². The Balaban J connectivity index is 1.30. The van der Waals surface area contributed by atoms with Crippen LogP contribution in [0.3, 0.4) is 0 Å². The molecule has 0 aliphatic heterocycles. The molecule has 0 radical (unpaired) electrons. The summed E-state index contributed by atoms with van der Waals surface area (Å²) in [7, 11) is 4.43. The third-order valence-electron chi connectivity index (χ3n) is 10.8. The van der Waals surface area contributed by atoms with Crippen molar-refractivity contribution in [3.8, 4) is 22.3 Å². The number of para-hydroxylation sites is 2. The van der Waals surface area contributed by atoms with E-state index in [0.717, 1.165) is 0 Å². The summed E-state index contributed by atoms with van der Waals surface area (Å²) in [6.07, 6.45) is 0. The van der Waals surface area contributed by atoms with E-state index >= 15 is 0 Å². The normalized spacial score (nSPS) is 11.6. The van der Waals surface area contributed by atoms with E-state index in [0.29, 0.717) is 0 Å². The summed E-state index contributed by atoms with van der Waals surface area (Å²) in [4.78, 5) is 4.77. The number of aryl methyl sites for hydroxylation is 6. The standard InChI is InChI=1S/C48H44N2/c1-29-25-31(3)45(32(4)26-29)37-13-9-11-15-41(37)49(7)43-23-19-35-18-22-40-44(24-20-36-17-21-39(43)47(35)48(36)40)50(8)42-16-12-10-14-38(42)46-33(5)27-30(2)28-34(46)6/h9-28H,1-8H3. The van der Waals surface area contributed by atoms with Gasteiger partial charge in [0.2, 0.25) is 0 Å². The predicted octanol–water partition coefficient (Wildman–Crippen LogP) is 13.3. The summed E-state index contributed by atoms with van der Waals surface area (Å²) in [5, 5.41) is 7.69. The first-order chi connectivity index (χ1) is 24.1. The lowest BCUT2D eigenvalue weighted by Crippen LogP contribution is -2.12. The van der Waals surface area contributed by atoms with Gasteiger partial charge in [-0.1, -0.05) is 108 Å². The van der Waals surface area contributed by atoms with E-state index in [2.05, 4.69) is 187 Å². The van der Waals surface area contributed by atoms with Gasteiger partial charge in [-0.2, -0.15) is 0 Å². The molecule has 8 aromatic rings. The van der Waals surface area contributed by atoms with Crippen molar-refractivity contribution in [2.75, 3.05) is 23.9 Å². The highest BCUT2D eigenvalue weighted by atomic mass is 15.1. The van der Waals surface area contributed by atoms with Crippen LogP contribution in [0.25, 0.3) is 54.6 Å². The second kappa shape index (κ2) is 12.1. The molecule has 0 fully saturated rings. The first-order valence-corrected chi connectivity index (χ1v) is 17.6. The van der Waals surface area contributed by atoms with Crippen molar-refractivity contribution in [1.29, 1.82) is 0 Å². The van der Waals surface area contributed by atoms with Crippen LogP contribution in [0.4, 0.5) is 22.7 Å². The third kappa shape index (κ3) is 5.01. The fourth-order valence-electron chi connectivity index (χ4n) is 8.78. The maximum Gasteiger partial charge on any atom is 0.0488 e. The Morgan fingerprint density at radius 1 is 0.360 bits per heavy atom. The van der Waals surface area contributed by atoms with Crippen LogP contribution < -0.4 is 9.80 Å². The molecule has 0 N–H and O–H groups in total. The molecular formula is C48H44N2. The highest BCUT2D eigenvalue weighted by Gasteiger charge is 2.21. The van der Waals surface area contributed by atoms with Gasteiger partial charge < -0.3 is 9.80 Å². The van der Waals surface area contributed by atoms with Gasteiger partial charge in [-0.15, -0.1) is 0 Å². The van der Waals surface area contributed by atoms with Crippen molar-refractivity contribution in [3.05, 3.63) is 155 Å². The molecule has 0 aromatic heterocycles. The summed E-state index contributed by atoms with van der Waals surface area (Å²) in [5.74, 6) is 0. The Labute approximate surface area is 296 Å². The van der Waals surface area contributed by atoms with E-state index in [-0.39, 0.29) is 0 Å². The fraction of sp³-hybridized carbons (Fsp3) is 0.167. The molecule has 246 valence electrons. The zero-order chi connectivity index (χ0) is 34.8. The summed E-state index contributed by atoms with van der Waals surface area (Å²) in [5.41, 5.74) is 17.8. The molecule has 8 rings (SSSR count). The van der Waals surface area contributed by atoms with Crippen LogP contribution in [0.2, 0.25) is 0 Å². The lowest BCUT2D eigenvalue weighted by molar-refractivity contribution is 1.21. The minimum atomic E-state index is 1.20. The van der Waals surface area contributed by atoms with Gasteiger partial charge >= 0.3 is 0 Å². The topological polar surface area (TPSA) is 6.48 Å². The summed E-state index contributed by atoms with van der Waals surface area (Å²) in [6, 6.07) is 45.3. The molecule has 8 aromatic carbocycles. The van der Waals surface area contributed by atoms with Crippen LogP contribution in [0, 0.1) is 41.5 Å². The van der Waals surface area contributed by atoms with E-state index in [4.69, 9.17) is 0 Å². The molecule has 0 heterocycles. The largest absolute Gasteiger partial charge is 0.344 e. The number of anilines is 4. The third-order valence-corrected chi connectivity index (χ3v) is 10.8. The smallest absolute Gasteiger partial charge is 0.0488 e. The quantitative estimate of drug-likeness (QED) is 0.166. The van der Waals surface area contributed by atoms with E-state index in [1.54, 1.807) is 0 Å². The van der Waals surface area contributed by atoms with Crippen LogP contribution in [-0.2, 0) is 0 Å². The van der Waals surface area contributed by atoms with Crippen LogP contribution in [0.1, 0.15) is 33.4 Å². The molecule has 0 bridgehead atoms. The van der Waals surface area contributed by atoms with Gasteiger partial charge in [-0.3, -0.25) is 0 Å². The number of rotatable bonds is 6. The predicted molar refractivity (Wildman–Crippen MR) is 218 cm³/mol. The summed E-state index contributed by atoms with van der Waals surface area (Å²) < 4.78 is 0. The first kappa shape index (κ1) is 31.7. The van der Waals surface area contributed by atoms with Crippen LogP contribution in [0.5, 0.6) is 0 Å². The Morgan fingerprint density at radius 3 is 1.08 bits per heavy atom. The van der Waals surface area contributed by atoms with Gasteiger partial charge in [-0.05, 0) is 121 Å². The van der Waals surface area contributed by atoms with Gasteiger partial charge in [-0.25, -0.2) is 0 Å². The van der Waals surface area contributed by atoms with Gasteiger partial charge in [0, 0.05) is 58.7 Å². The SMILES string of the molecule is Cc1cc(C)c(-c2ccccc2N(C)c2ccc3ccc4c(N(C)c5ccccc5-c5c(C)cc(C)cc5C)ccc5ccc2c3c54)c(C)c1. The number of nitrogens with zero attached hydrogens (tertiary/aromatic N) is 2. The van der Waals surface area contributed by atoms with Crippen LogP contribution in [0.15, 0.2) is 121 Å². The lowest BCUT2D eigenvalue weighted by atomic mass is 9.90. The highest BCUT2D eigenvalue weighted by Crippen LogP contribution is 2.46. The fourth-order valence-corrected chi connectivity index (χ4v) is 8.78. The minimum absolute atomic E-state index is 1.20. The Hall–Kier alpha value is -5.60. The van der Waals surface area contributed by atoms with Crippen LogP contribution in [-0.4, -0.2) is 14.1 Å². The zero-order valence-electron chi connectivity index (χ0n) is 30.4. The molecule has 2 heteroatoms. The number of benzene rings is 8. The maximum absolute atomic E-state index is 2.38. The molecule has 0 unspecified atom stereocenters. The van der Waals surface area contributed by atoms with E-state index in [1.807, 2.05) is 0 Å². The van der Waals surface area contributed by atoms with E-state index in [1.165, 1.54) is 111 Å². The summed E-state index contributed by atoms with van der Waals surface area (Å²) in [6.45, 7) is 13.3.